The molecule has 0 bridgehead atoms. The summed E-state index contributed by atoms with van der Waals surface area (Å²) in [5, 5.41) is 0.626. The predicted octanol–water partition coefficient (Wildman–Crippen LogP) is 3.99. The Hall–Kier alpha value is -2.37. The van der Waals surface area contributed by atoms with Gasteiger partial charge in [-0.05, 0) is 44.4 Å². The van der Waals surface area contributed by atoms with Gasteiger partial charge in [0.15, 0.2) is 5.76 Å². The second-order valence-corrected chi connectivity index (χ2v) is 7.38. The minimum absolute atomic E-state index is 0.0261. The number of unbranched alkanes of at least 4 members (excludes halogenated alkanes) is 1. The van der Waals surface area contributed by atoms with Crippen molar-refractivity contribution in [2.45, 2.75) is 39.5 Å². The van der Waals surface area contributed by atoms with Crippen LogP contribution in [-0.4, -0.2) is 48.3 Å². The average Bonchev–Trinajstić information content (AvgIpc) is 3.01. The Kier molecular flexibility index (Phi) is 5.82. The second-order valence-electron chi connectivity index (χ2n) is 7.38. The van der Waals surface area contributed by atoms with Gasteiger partial charge in [0.05, 0.1) is 0 Å². The lowest BCUT2D eigenvalue weighted by Gasteiger charge is -2.33. The number of amides is 2. The number of rotatable bonds is 5. The summed E-state index contributed by atoms with van der Waals surface area (Å²) < 4.78 is 19.2. The number of furan rings is 1. The molecule has 0 unspecified atom stereocenters. The summed E-state index contributed by atoms with van der Waals surface area (Å²) in [6.07, 6.45) is 3.39. The highest BCUT2D eigenvalue weighted by atomic mass is 19.1. The summed E-state index contributed by atoms with van der Waals surface area (Å²) in [7, 11) is 1.85. The van der Waals surface area contributed by atoms with Gasteiger partial charge >= 0.3 is 0 Å². The van der Waals surface area contributed by atoms with Crippen LogP contribution >= 0.6 is 0 Å². The molecule has 0 aliphatic carbocycles. The van der Waals surface area contributed by atoms with Crippen LogP contribution in [0.2, 0.25) is 0 Å². The fourth-order valence-corrected chi connectivity index (χ4v) is 3.69. The zero-order valence-electron chi connectivity index (χ0n) is 16.3. The molecule has 2 amide bonds. The number of piperidine rings is 1. The van der Waals surface area contributed by atoms with Crippen LogP contribution in [0, 0.1) is 18.7 Å². The largest absolute Gasteiger partial charge is 0.451 e. The molecule has 146 valence electrons. The van der Waals surface area contributed by atoms with E-state index in [0.29, 0.717) is 42.5 Å². The van der Waals surface area contributed by atoms with E-state index in [1.807, 2.05) is 11.9 Å². The predicted molar refractivity (Wildman–Crippen MR) is 102 cm³/mol. The van der Waals surface area contributed by atoms with Crippen LogP contribution in [0.1, 0.15) is 48.7 Å². The van der Waals surface area contributed by atoms with Gasteiger partial charge in [0, 0.05) is 43.5 Å². The number of likely N-dealkylation sites (tertiary alicyclic amines) is 1. The second kappa shape index (κ2) is 8.11. The minimum atomic E-state index is -0.350. The highest BCUT2D eigenvalue weighted by Gasteiger charge is 2.31. The van der Waals surface area contributed by atoms with Crippen LogP contribution in [0.5, 0.6) is 0 Å². The molecule has 1 aromatic heterocycles. The lowest BCUT2D eigenvalue weighted by molar-refractivity contribution is -0.135. The summed E-state index contributed by atoms with van der Waals surface area (Å²) in [5.74, 6) is -0.126. The van der Waals surface area contributed by atoms with Crippen molar-refractivity contribution in [3.05, 3.63) is 35.3 Å². The van der Waals surface area contributed by atoms with E-state index in [0.717, 1.165) is 19.4 Å². The standard InChI is InChI=1S/C21H27FN2O3/c1-4-5-10-23(3)20(25)15-8-11-24(12-9-15)21(26)19-14(2)17-13-16(22)6-7-18(17)27-19/h6-7,13,15H,4-5,8-12H2,1-3H3. The van der Waals surface area contributed by atoms with Crippen LogP contribution in [0.15, 0.2) is 22.6 Å². The number of aryl methyl sites for hydroxylation is 1. The number of carbonyl (C=O) groups excluding carboxylic acids is 2. The van der Waals surface area contributed by atoms with E-state index >= 15 is 0 Å². The molecule has 0 atom stereocenters. The summed E-state index contributed by atoms with van der Waals surface area (Å²) in [4.78, 5) is 28.9. The Morgan fingerprint density at radius 2 is 2.00 bits per heavy atom. The third-order valence-corrected chi connectivity index (χ3v) is 5.45. The number of fused-ring (bicyclic) bond motifs is 1. The average molecular weight is 374 g/mol. The Morgan fingerprint density at radius 3 is 2.67 bits per heavy atom. The molecule has 1 aliphatic heterocycles. The first kappa shape index (κ1) is 19.4. The summed E-state index contributed by atoms with van der Waals surface area (Å²) in [6.45, 7) is 5.72. The first-order chi connectivity index (χ1) is 12.9. The molecule has 1 fully saturated rings. The maximum absolute atomic E-state index is 13.5. The van der Waals surface area contributed by atoms with Gasteiger partial charge in [0.1, 0.15) is 11.4 Å². The zero-order valence-corrected chi connectivity index (χ0v) is 16.3. The zero-order chi connectivity index (χ0) is 19.6. The Morgan fingerprint density at radius 1 is 1.30 bits per heavy atom. The fourth-order valence-electron chi connectivity index (χ4n) is 3.69. The van der Waals surface area contributed by atoms with Crippen molar-refractivity contribution in [1.82, 2.24) is 9.80 Å². The van der Waals surface area contributed by atoms with E-state index in [1.54, 1.807) is 17.9 Å². The number of halogens is 1. The maximum atomic E-state index is 13.5. The third-order valence-electron chi connectivity index (χ3n) is 5.45. The summed E-state index contributed by atoms with van der Waals surface area (Å²) >= 11 is 0. The van der Waals surface area contributed by atoms with E-state index in [1.165, 1.54) is 12.1 Å². The van der Waals surface area contributed by atoms with E-state index < -0.39 is 0 Å². The quantitative estimate of drug-likeness (QED) is 0.795. The first-order valence-electron chi connectivity index (χ1n) is 9.65. The van der Waals surface area contributed by atoms with Crippen LogP contribution in [-0.2, 0) is 4.79 Å². The molecule has 0 N–H and O–H groups in total. The lowest BCUT2D eigenvalue weighted by Crippen LogP contribution is -2.43. The molecule has 27 heavy (non-hydrogen) atoms. The van der Waals surface area contributed by atoms with Crippen molar-refractivity contribution < 1.29 is 18.4 Å². The SMILES string of the molecule is CCCCN(C)C(=O)C1CCN(C(=O)c2oc3ccc(F)cc3c2C)CC1. The number of hydrogen-bond donors (Lipinski definition) is 0. The van der Waals surface area contributed by atoms with Crippen LogP contribution in [0.25, 0.3) is 11.0 Å². The minimum Gasteiger partial charge on any atom is -0.451 e. The number of benzene rings is 1. The maximum Gasteiger partial charge on any atom is 0.289 e. The van der Waals surface area contributed by atoms with Gasteiger partial charge in [0.25, 0.3) is 5.91 Å². The molecule has 0 radical (unpaired) electrons. The molecule has 3 rings (SSSR count). The van der Waals surface area contributed by atoms with Crippen LogP contribution < -0.4 is 0 Å². The molecule has 6 heteroatoms. The highest BCUT2D eigenvalue weighted by molar-refractivity contribution is 5.99. The summed E-state index contributed by atoms with van der Waals surface area (Å²) in [6, 6.07) is 4.26. The highest BCUT2D eigenvalue weighted by Crippen LogP contribution is 2.28. The van der Waals surface area contributed by atoms with Crippen molar-refractivity contribution in [2.24, 2.45) is 5.92 Å². The number of nitrogens with zero attached hydrogens (tertiary/aromatic N) is 2. The normalized spacial score (nSPS) is 15.3. The van der Waals surface area contributed by atoms with Gasteiger partial charge < -0.3 is 14.2 Å². The lowest BCUT2D eigenvalue weighted by atomic mass is 9.95. The molecule has 1 aromatic carbocycles. The van der Waals surface area contributed by atoms with E-state index in [4.69, 9.17) is 4.42 Å². The van der Waals surface area contributed by atoms with Gasteiger partial charge in [-0.3, -0.25) is 9.59 Å². The third kappa shape index (κ3) is 3.99. The Labute approximate surface area is 159 Å². The van der Waals surface area contributed by atoms with Crippen molar-refractivity contribution in [3.63, 3.8) is 0 Å². The molecule has 0 spiro atoms. The molecule has 2 heterocycles. The van der Waals surface area contributed by atoms with Gasteiger partial charge in [-0.25, -0.2) is 4.39 Å². The molecule has 5 nitrogen and oxygen atoms in total. The van der Waals surface area contributed by atoms with Gasteiger partial charge in [-0.15, -0.1) is 0 Å². The monoisotopic (exact) mass is 374 g/mol. The van der Waals surface area contributed by atoms with Crippen molar-refractivity contribution in [2.75, 3.05) is 26.7 Å². The Balaban J connectivity index is 1.65. The molecular weight excluding hydrogens is 347 g/mol. The van der Waals surface area contributed by atoms with E-state index in [2.05, 4.69) is 6.92 Å². The first-order valence-corrected chi connectivity index (χ1v) is 9.65. The van der Waals surface area contributed by atoms with Crippen molar-refractivity contribution in [3.8, 4) is 0 Å². The van der Waals surface area contributed by atoms with Gasteiger partial charge in [-0.1, -0.05) is 13.3 Å². The number of hydrogen-bond acceptors (Lipinski definition) is 3. The fraction of sp³-hybridized carbons (Fsp3) is 0.524. The molecule has 1 aliphatic rings. The van der Waals surface area contributed by atoms with Crippen molar-refractivity contribution >= 4 is 22.8 Å². The molecule has 2 aromatic rings. The van der Waals surface area contributed by atoms with Crippen LogP contribution in [0.4, 0.5) is 4.39 Å². The summed E-state index contributed by atoms with van der Waals surface area (Å²) in [5.41, 5.74) is 1.17. The molecule has 0 saturated carbocycles. The molecule has 1 saturated heterocycles. The van der Waals surface area contributed by atoms with Gasteiger partial charge in [-0.2, -0.15) is 0 Å². The van der Waals surface area contributed by atoms with Gasteiger partial charge in [0.2, 0.25) is 5.91 Å². The Bertz CT molecular complexity index is 837. The smallest absolute Gasteiger partial charge is 0.289 e. The van der Waals surface area contributed by atoms with Crippen LogP contribution in [0.3, 0.4) is 0 Å². The van der Waals surface area contributed by atoms with Crippen molar-refractivity contribution in [1.29, 1.82) is 0 Å². The van der Waals surface area contributed by atoms with E-state index in [9.17, 15) is 14.0 Å². The van der Waals surface area contributed by atoms with E-state index in [-0.39, 0.29) is 29.3 Å². The number of carbonyl (C=O) groups is 2. The topological polar surface area (TPSA) is 53.8 Å². The molecular formula is C21H27FN2O3.